The highest BCUT2D eigenvalue weighted by Crippen LogP contribution is 2.30. The summed E-state index contributed by atoms with van der Waals surface area (Å²) in [6.07, 6.45) is 10.0. The first kappa shape index (κ1) is 15.3. The minimum Gasteiger partial charge on any atom is -0.354 e. The van der Waals surface area contributed by atoms with Crippen molar-refractivity contribution in [2.45, 2.75) is 44.3 Å². The summed E-state index contributed by atoms with van der Waals surface area (Å²) in [5.41, 5.74) is 2.33. The predicted molar refractivity (Wildman–Crippen MR) is 90.3 cm³/mol. The lowest BCUT2D eigenvalue weighted by molar-refractivity contribution is -0.126. The van der Waals surface area contributed by atoms with Gasteiger partial charge < -0.3 is 5.32 Å². The van der Waals surface area contributed by atoms with Crippen molar-refractivity contribution >= 4 is 5.91 Å². The smallest absolute Gasteiger partial charge is 0.246 e. The molecular formula is C18H23N5O. The number of hydrogen-bond acceptors (Lipinski definition) is 4. The molecule has 2 aliphatic rings. The van der Waals surface area contributed by atoms with Crippen molar-refractivity contribution in [1.29, 1.82) is 0 Å². The van der Waals surface area contributed by atoms with Gasteiger partial charge in [-0.05, 0) is 43.0 Å². The van der Waals surface area contributed by atoms with Gasteiger partial charge >= 0.3 is 0 Å². The van der Waals surface area contributed by atoms with E-state index in [2.05, 4.69) is 20.3 Å². The van der Waals surface area contributed by atoms with E-state index in [1.54, 1.807) is 18.6 Å². The van der Waals surface area contributed by atoms with Gasteiger partial charge in [-0.2, -0.15) is 5.10 Å². The number of nitrogens with zero attached hydrogens (tertiary/aromatic N) is 4. The Balaban J connectivity index is 1.39. The van der Waals surface area contributed by atoms with Crippen LogP contribution in [0, 0.1) is 0 Å². The van der Waals surface area contributed by atoms with E-state index < -0.39 is 0 Å². The molecule has 3 heterocycles. The van der Waals surface area contributed by atoms with Gasteiger partial charge in [-0.15, -0.1) is 0 Å². The van der Waals surface area contributed by atoms with Crippen LogP contribution in [0.5, 0.6) is 0 Å². The number of amides is 1. The van der Waals surface area contributed by atoms with E-state index in [1.165, 1.54) is 24.8 Å². The highest BCUT2D eigenvalue weighted by atomic mass is 16.2. The van der Waals surface area contributed by atoms with Gasteiger partial charge in [0.2, 0.25) is 5.91 Å². The molecule has 24 heavy (non-hydrogen) atoms. The maximum atomic E-state index is 12.7. The van der Waals surface area contributed by atoms with Crippen LogP contribution < -0.4 is 5.32 Å². The van der Waals surface area contributed by atoms with Crippen molar-refractivity contribution < 1.29 is 4.79 Å². The van der Waals surface area contributed by atoms with Gasteiger partial charge in [-0.25, -0.2) is 0 Å². The van der Waals surface area contributed by atoms with Gasteiger partial charge in [-0.1, -0.05) is 6.42 Å². The van der Waals surface area contributed by atoms with Crippen LogP contribution in [-0.4, -0.2) is 44.7 Å². The molecule has 6 nitrogen and oxygen atoms in total. The van der Waals surface area contributed by atoms with E-state index in [4.69, 9.17) is 0 Å². The fourth-order valence-electron chi connectivity index (χ4n) is 3.54. The van der Waals surface area contributed by atoms with Crippen molar-refractivity contribution in [3.05, 3.63) is 48.0 Å². The lowest BCUT2D eigenvalue weighted by Crippen LogP contribution is -2.50. The van der Waals surface area contributed by atoms with Gasteiger partial charge in [0.05, 0.1) is 5.69 Å². The molecular weight excluding hydrogens is 302 g/mol. The Morgan fingerprint density at radius 2 is 2.04 bits per heavy atom. The summed E-state index contributed by atoms with van der Waals surface area (Å²) in [6.45, 7) is 2.31. The molecule has 0 aromatic carbocycles. The van der Waals surface area contributed by atoms with Crippen LogP contribution in [0.15, 0.2) is 36.8 Å². The molecule has 0 radical (unpaired) electrons. The number of carbonyl (C=O) groups is 1. The van der Waals surface area contributed by atoms with Crippen molar-refractivity contribution in [3.8, 4) is 0 Å². The molecule has 1 amide bonds. The zero-order valence-corrected chi connectivity index (χ0v) is 13.8. The minimum absolute atomic E-state index is 0.0676. The van der Waals surface area contributed by atoms with E-state index in [-0.39, 0.29) is 11.9 Å². The molecule has 0 unspecified atom stereocenters. The summed E-state index contributed by atoms with van der Waals surface area (Å²) in [5.74, 6) is 0.0676. The first-order valence-corrected chi connectivity index (χ1v) is 8.74. The number of fused-ring (bicyclic) bond motifs is 1. The van der Waals surface area contributed by atoms with Crippen LogP contribution >= 0.6 is 0 Å². The minimum atomic E-state index is -0.221. The molecule has 0 saturated heterocycles. The monoisotopic (exact) mass is 325 g/mol. The number of aromatic nitrogens is 3. The van der Waals surface area contributed by atoms with Crippen LogP contribution in [-0.2, 0) is 17.8 Å². The zero-order chi connectivity index (χ0) is 16.4. The van der Waals surface area contributed by atoms with E-state index >= 15 is 0 Å². The molecule has 0 spiro atoms. The number of pyridine rings is 1. The standard InChI is InChI=1S/C18H23N5O/c24-18(20-10-6-14-4-8-19-9-5-14)17-13-22(15-2-1-3-15)12-16-7-11-21-23(16)17/h4-5,7-9,11,15,17H,1-3,6,10,12-13H2,(H,20,24)/t17-/m1/s1. The third-order valence-electron chi connectivity index (χ3n) is 5.18. The lowest BCUT2D eigenvalue weighted by Gasteiger charge is -2.42. The molecule has 126 valence electrons. The third kappa shape index (κ3) is 3.06. The van der Waals surface area contributed by atoms with Gasteiger partial charge in [0.15, 0.2) is 0 Å². The van der Waals surface area contributed by atoms with Gasteiger partial charge in [-0.3, -0.25) is 19.4 Å². The largest absolute Gasteiger partial charge is 0.354 e. The van der Waals surface area contributed by atoms with Gasteiger partial charge in [0.25, 0.3) is 0 Å². The number of rotatable bonds is 5. The van der Waals surface area contributed by atoms with E-state index in [1.807, 2.05) is 22.9 Å². The fourth-order valence-corrected chi connectivity index (χ4v) is 3.54. The Hall–Kier alpha value is -2.21. The third-order valence-corrected chi connectivity index (χ3v) is 5.18. The Morgan fingerprint density at radius 1 is 1.21 bits per heavy atom. The summed E-state index contributed by atoms with van der Waals surface area (Å²) in [7, 11) is 0. The summed E-state index contributed by atoms with van der Waals surface area (Å²) in [6, 6.07) is 6.41. The van der Waals surface area contributed by atoms with Crippen LogP contribution in [0.2, 0.25) is 0 Å². The highest BCUT2D eigenvalue weighted by molar-refractivity contribution is 5.80. The summed E-state index contributed by atoms with van der Waals surface area (Å²) >= 11 is 0. The molecule has 4 rings (SSSR count). The first-order chi connectivity index (χ1) is 11.8. The Kier molecular flexibility index (Phi) is 4.30. The Bertz CT molecular complexity index is 694. The normalized spacial score (nSPS) is 21.1. The molecule has 1 saturated carbocycles. The number of nitrogens with one attached hydrogen (secondary N) is 1. The topological polar surface area (TPSA) is 63.1 Å². The maximum absolute atomic E-state index is 12.7. The quantitative estimate of drug-likeness (QED) is 0.906. The van der Waals surface area contributed by atoms with Crippen LogP contribution in [0.1, 0.15) is 36.6 Å². The van der Waals surface area contributed by atoms with Crippen molar-refractivity contribution in [1.82, 2.24) is 25.0 Å². The zero-order valence-electron chi connectivity index (χ0n) is 13.8. The average molecular weight is 325 g/mol. The highest BCUT2D eigenvalue weighted by Gasteiger charge is 2.35. The second-order valence-electron chi connectivity index (χ2n) is 6.69. The van der Waals surface area contributed by atoms with Gasteiger partial charge in [0.1, 0.15) is 6.04 Å². The van der Waals surface area contributed by atoms with E-state index in [9.17, 15) is 4.79 Å². The molecule has 2 aromatic heterocycles. The van der Waals surface area contributed by atoms with Crippen molar-refractivity contribution in [2.24, 2.45) is 0 Å². The summed E-state index contributed by atoms with van der Waals surface area (Å²) < 4.78 is 1.90. The molecule has 1 fully saturated rings. The Morgan fingerprint density at radius 3 is 2.79 bits per heavy atom. The van der Waals surface area contributed by atoms with E-state index in [0.29, 0.717) is 12.6 Å². The number of hydrogen-bond donors (Lipinski definition) is 1. The van der Waals surface area contributed by atoms with Crippen LogP contribution in [0.4, 0.5) is 0 Å². The molecule has 0 bridgehead atoms. The molecule has 1 aliphatic heterocycles. The van der Waals surface area contributed by atoms with Gasteiger partial charge in [0, 0.05) is 44.3 Å². The molecule has 1 N–H and O–H groups in total. The maximum Gasteiger partial charge on any atom is 0.246 e. The molecule has 6 heteroatoms. The molecule has 2 aromatic rings. The second kappa shape index (κ2) is 6.73. The SMILES string of the molecule is O=C(NCCc1ccncc1)[C@H]1CN(C2CCC2)Cc2ccnn21. The van der Waals surface area contributed by atoms with Crippen LogP contribution in [0.25, 0.3) is 0 Å². The lowest BCUT2D eigenvalue weighted by atomic mass is 9.90. The second-order valence-corrected chi connectivity index (χ2v) is 6.69. The molecule has 1 atom stereocenters. The Labute approximate surface area is 141 Å². The summed E-state index contributed by atoms with van der Waals surface area (Å²) in [5, 5.41) is 7.46. The first-order valence-electron chi connectivity index (χ1n) is 8.74. The van der Waals surface area contributed by atoms with Crippen molar-refractivity contribution in [3.63, 3.8) is 0 Å². The fraction of sp³-hybridized carbons (Fsp3) is 0.500. The predicted octanol–water partition coefficient (Wildman–Crippen LogP) is 1.55. The van der Waals surface area contributed by atoms with E-state index in [0.717, 1.165) is 25.2 Å². The summed E-state index contributed by atoms with van der Waals surface area (Å²) in [4.78, 5) is 19.2. The molecule has 1 aliphatic carbocycles. The number of carbonyl (C=O) groups excluding carboxylic acids is 1. The van der Waals surface area contributed by atoms with Crippen LogP contribution in [0.3, 0.4) is 0 Å². The average Bonchev–Trinajstić information content (AvgIpc) is 3.02. The van der Waals surface area contributed by atoms with Crippen molar-refractivity contribution in [2.75, 3.05) is 13.1 Å².